The molecule has 0 aliphatic carbocycles. The van der Waals surface area contributed by atoms with Gasteiger partial charge in [-0.1, -0.05) is 35.3 Å². The maximum atomic E-state index is 12.9. The highest BCUT2D eigenvalue weighted by molar-refractivity contribution is 6.39. The zero-order valence-electron chi connectivity index (χ0n) is 10.1. The minimum Gasteiger partial charge on any atom is -0.457 e. The highest BCUT2D eigenvalue weighted by Crippen LogP contribution is 2.36. The first-order valence-electron chi connectivity index (χ1n) is 5.81. The van der Waals surface area contributed by atoms with Gasteiger partial charge in [-0.25, -0.2) is 9.37 Å². The first-order chi connectivity index (χ1) is 9.65. The molecule has 5 heteroatoms. The fourth-order valence-electron chi connectivity index (χ4n) is 1.91. The third-order valence-electron chi connectivity index (χ3n) is 2.82. The van der Waals surface area contributed by atoms with Crippen molar-refractivity contribution in [1.82, 2.24) is 4.98 Å². The molecule has 0 aliphatic rings. The fourth-order valence-corrected chi connectivity index (χ4v) is 2.36. The van der Waals surface area contributed by atoms with Gasteiger partial charge in [0.15, 0.2) is 0 Å². The van der Waals surface area contributed by atoms with Crippen molar-refractivity contribution < 1.29 is 9.13 Å². The standard InChI is InChI=1S/C15H8Cl2FNO/c16-12-8-19-15(17)14-11(12)2-1-3-13(14)20-10-6-4-9(18)5-7-10/h1-8H. The smallest absolute Gasteiger partial charge is 0.140 e. The quantitative estimate of drug-likeness (QED) is 0.585. The van der Waals surface area contributed by atoms with E-state index < -0.39 is 0 Å². The van der Waals surface area contributed by atoms with Crippen molar-refractivity contribution >= 4 is 34.0 Å². The van der Waals surface area contributed by atoms with Gasteiger partial charge in [0.1, 0.15) is 22.5 Å². The van der Waals surface area contributed by atoms with E-state index >= 15 is 0 Å². The molecule has 100 valence electrons. The van der Waals surface area contributed by atoms with Crippen LogP contribution in [0, 0.1) is 5.82 Å². The van der Waals surface area contributed by atoms with Gasteiger partial charge in [-0.3, -0.25) is 0 Å². The van der Waals surface area contributed by atoms with Crippen molar-refractivity contribution in [1.29, 1.82) is 0 Å². The van der Waals surface area contributed by atoms with E-state index in [0.29, 0.717) is 27.1 Å². The van der Waals surface area contributed by atoms with Crippen LogP contribution < -0.4 is 4.74 Å². The van der Waals surface area contributed by atoms with Crippen LogP contribution in [0.1, 0.15) is 0 Å². The third-order valence-corrected chi connectivity index (χ3v) is 3.41. The number of hydrogen-bond acceptors (Lipinski definition) is 2. The molecule has 0 spiro atoms. The lowest BCUT2D eigenvalue weighted by atomic mass is 10.1. The van der Waals surface area contributed by atoms with Crippen LogP contribution >= 0.6 is 23.2 Å². The van der Waals surface area contributed by atoms with Gasteiger partial charge in [0.05, 0.1) is 10.4 Å². The molecule has 1 heterocycles. The number of rotatable bonds is 2. The molecule has 0 fully saturated rings. The molecule has 0 N–H and O–H groups in total. The zero-order chi connectivity index (χ0) is 14.1. The van der Waals surface area contributed by atoms with Crippen LogP contribution in [0.15, 0.2) is 48.7 Å². The molecule has 0 atom stereocenters. The van der Waals surface area contributed by atoms with Crippen molar-refractivity contribution in [3.8, 4) is 11.5 Å². The molecule has 0 bridgehead atoms. The summed E-state index contributed by atoms with van der Waals surface area (Å²) in [4.78, 5) is 4.02. The molecule has 0 saturated carbocycles. The third kappa shape index (κ3) is 2.42. The van der Waals surface area contributed by atoms with Crippen molar-refractivity contribution in [2.24, 2.45) is 0 Å². The maximum absolute atomic E-state index is 12.9. The largest absolute Gasteiger partial charge is 0.457 e. The fraction of sp³-hybridized carbons (Fsp3) is 0. The van der Waals surface area contributed by atoms with Gasteiger partial charge in [0.2, 0.25) is 0 Å². The Kier molecular flexibility index (Phi) is 3.47. The molecule has 2 nitrogen and oxygen atoms in total. The van der Waals surface area contributed by atoms with Crippen molar-refractivity contribution in [3.63, 3.8) is 0 Å². The Morgan fingerprint density at radius 3 is 2.50 bits per heavy atom. The monoisotopic (exact) mass is 307 g/mol. The van der Waals surface area contributed by atoms with E-state index in [1.807, 2.05) is 12.1 Å². The van der Waals surface area contributed by atoms with Gasteiger partial charge < -0.3 is 4.74 Å². The molecule has 2 aromatic carbocycles. The summed E-state index contributed by atoms with van der Waals surface area (Å²) in [5.74, 6) is 0.710. The van der Waals surface area contributed by atoms with Crippen molar-refractivity contribution in [2.75, 3.05) is 0 Å². The summed E-state index contributed by atoms with van der Waals surface area (Å²) in [5, 5.41) is 2.19. The molecule has 0 saturated heterocycles. The Morgan fingerprint density at radius 2 is 1.75 bits per heavy atom. The lowest BCUT2D eigenvalue weighted by Crippen LogP contribution is -1.89. The molecule has 0 radical (unpaired) electrons. The van der Waals surface area contributed by atoms with Gasteiger partial charge in [-0.05, 0) is 30.3 Å². The molecule has 20 heavy (non-hydrogen) atoms. The number of ether oxygens (including phenoxy) is 1. The van der Waals surface area contributed by atoms with Crippen molar-refractivity contribution in [2.45, 2.75) is 0 Å². The number of fused-ring (bicyclic) bond motifs is 1. The normalized spacial score (nSPS) is 10.8. The molecular formula is C15H8Cl2FNO. The van der Waals surface area contributed by atoms with Crippen LogP contribution in [0.4, 0.5) is 4.39 Å². The van der Waals surface area contributed by atoms with E-state index in [-0.39, 0.29) is 5.82 Å². The second kappa shape index (κ2) is 5.27. The number of halogens is 3. The van der Waals surface area contributed by atoms with Gasteiger partial charge in [-0.2, -0.15) is 0 Å². The second-order valence-corrected chi connectivity index (χ2v) is 4.90. The van der Waals surface area contributed by atoms with Crippen LogP contribution in [0.25, 0.3) is 10.8 Å². The second-order valence-electron chi connectivity index (χ2n) is 4.13. The average molecular weight is 308 g/mol. The minimum absolute atomic E-state index is 0.308. The van der Waals surface area contributed by atoms with Gasteiger partial charge >= 0.3 is 0 Å². The first kappa shape index (κ1) is 13.2. The van der Waals surface area contributed by atoms with E-state index in [1.54, 1.807) is 18.2 Å². The first-order valence-corrected chi connectivity index (χ1v) is 6.57. The summed E-state index contributed by atoms with van der Waals surface area (Å²) in [6.07, 6.45) is 1.49. The van der Waals surface area contributed by atoms with Gasteiger partial charge in [-0.15, -0.1) is 0 Å². The summed E-state index contributed by atoms with van der Waals surface area (Å²) in [6.45, 7) is 0. The van der Waals surface area contributed by atoms with Crippen molar-refractivity contribution in [3.05, 3.63) is 64.7 Å². The SMILES string of the molecule is Fc1ccc(Oc2cccc3c(Cl)cnc(Cl)c23)cc1. The molecule has 0 aliphatic heterocycles. The molecule has 0 unspecified atom stereocenters. The van der Waals surface area contributed by atoms with E-state index in [1.165, 1.54) is 18.3 Å². The summed E-state index contributed by atoms with van der Waals surface area (Å²) in [7, 11) is 0. The predicted molar refractivity (Wildman–Crippen MR) is 78.2 cm³/mol. The molecule has 0 amide bonds. The van der Waals surface area contributed by atoms with Crippen LogP contribution in [0.2, 0.25) is 10.2 Å². The Balaban J connectivity index is 2.12. The highest BCUT2D eigenvalue weighted by atomic mass is 35.5. The molecule has 3 rings (SSSR count). The Morgan fingerprint density at radius 1 is 1.00 bits per heavy atom. The van der Waals surface area contributed by atoms with Crippen LogP contribution in [-0.4, -0.2) is 4.98 Å². The van der Waals surface area contributed by atoms with Gasteiger partial charge in [0, 0.05) is 11.6 Å². The number of pyridine rings is 1. The van der Waals surface area contributed by atoms with E-state index in [9.17, 15) is 4.39 Å². The lowest BCUT2D eigenvalue weighted by molar-refractivity contribution is 0.486. The summed E-state index contributed by atoms with van der Waals surface area (Å²) >= 11 is 12.2. The number of aromatic nitrogens is 1. The minimum atomic E-state index is -0.321. The average Bonchev–Trinajstić information content (AvgIpc) is 2.46. The van der Waals surface area contributed by atoms with Crippen LogP contribution in [0.5, 0.6) is 11.5 Å². The number of nitrogens with zero attached hydrogens (tertiary/aromatic N) is 1. The van der Waals surface area contributed by atoms with E-state index in [2.05, 4.69) is 4.98 Å². The van der Waals surface area contributed by atoms with Crippen LogP contribution in [0.3, 0.4) is 0 Å². The highest BCUT2D eigenvalue weighted by Gasteiger charge is 2.11. The Hall–Kier alpha value is -1.84. The van der Waals surface area contributed by atoms with Crippen LogP contribution in [-0.2, 0) is 0 Å². The lowest BCUT2D eigenvalue weighted by Gasteiger charge is -2.10. The van der Waals surface area contributed by atoms with Gasteiger partial charge in [0.25, 0.3) is 0 Å². The molecule has 1 aromatic heterocycles. The number of benzene rings is 2. The van der Waals surface area contributed by atoms with E-state index in [0.717, 1.165) is 5.39 Å². The Labute approximate surface area is 124 Å². The Bertz CT molecular complexity index is 775. The number of hydrogen-bond donors (Lipinski definition) is 0. The molecule has 3 aromatic rings. The predicted octanol–water partition coefficient (Wildman–Crippen LogP) is 5.47. The molecular weight excluding hydrogens is 300 g/mol. The van der Waals surface area contributed by atoms with E-state index in [4.69, 9.17) is 27.9 Å². The summed E-state index contributed by atoms with van der Waals surface area (Å²) in [5.41, 5.74) is 0. The topological polar surface area (TPSA) is 22.1 Å². The maximum Gasteiger partial charge on any atom is 0.140 e. The zero-order valence-corrected chi connectivity index (χ0v) is 11.6. The summed E-state index contributed by atoms with van der Waals surface area (Å²) in [6, 6.07) is 11.1. The summed E-state index contributed by atoms with van der Waals surface area (Å²) < 4.78 is 18.6.